The lowest BCUT2D eigenvalue weighted by molar-refractivity contribution is -0.742. The minimum Gasteiger partial charge on any atom is -0.544 e. The van der Waals surface area contributed by atoms with Crippen LogP contribution in [0.5, 0.6) is 5.75 Å². The van der Waals surface area contributed by atoms with Crippen LogP contribution in [0.15, 0.2) is 54.6 Å². The summed E-state index contributed by atoms with van der Waals surface area (Å²) in [7, 11) is 0. The van der Waals surface area contributed by atoms with Gasteiger partial charge in [-0.15, -0.1) is 0 Å². The highest BCUT2D eigenvalue weighted by molar-refractivity contribution is 5.93. The maximum absolute atomic E-state index is 12.0. The van der Waals surface area contributed by atoms with Crippen molar-refractivity contribution in [3.63, 3.8) is 0 Å². The lowest BCUT2D eigenvalue weighted by Gasteiger charge is -2.16. The van der Waals surface area contributed by atoms with Gasteiger partial charge in [-0.1, -0.05) is 30.3 Å². The highest BCUT2D eigenvalue weighted by atomic mass is 16.4. The van der Waals surface area contributed by atoms with E-state index >= 15 is 0 Å². The molecule has 0 saturated carbocycles. The van der Waals surface area contributed by atoms with Crippen LogP contribution in [0.1, 0.15) is 12.0 Å². The van der Waals surface area contributed by atoms with Gasteiger partial charge in [-0.05, 0) is 24.3 Å². The van der Waals surface area contributed by atoms with E-state index in [9.17, 15) is 19.8 Å². The summed E-state index contributed by atoms with van der Waals surface area (Å²) in [5, 5.41) is 26.8. The number of carbonyl (C=O) groups excluding carboxylic acids is 2. The van der Waals surface area contributed by atoms with E-state index in [1.165, 1.54) is 17.7 Å². The molecule has 0 aliphatic rings. The molecule has 2 aromatic rings. The molecule has 7 nitrogen and oxygen atoms in total. The van der Waals surface area contributed by atoms with Gasteiger partial charge in [-0.25, -0.2) is 0 Å². The zero-order chi connectivity index (χ0) is 18.8. The predicted molar refractivity (Wildman–Crippen MR) is 93.9 cm³/mol. The zero-order valence-electron chi connectivity index (χ0n) is 14.4. The summed E-state index contributed by atoms with van der Waals surface area (Å²) in [5.74, 6) is -1.57. The molecule has 0 aliphatic carbocycles. The minimum atomic E-state index is -1.26. The Kier molecular flexibility index (Phi) is 7.60. The molecule has 1 amide bonds. The molecule has 0 heterocycles. The molecule has 6 N–H and O–H groups in total. The standard InChI is InChI=1S/C19H23N3O4/c23-16-8-6-15(7-9-16)22-18(24)12-17(19(25)26)21-11-10-20-13-14-4-2-1-3-5-14/h1-9,17,20-21,23H,10-13H2,(H,22,24)(H,25,26)/p+1/t17-/m0/s1. The van der Waals surface area contributed by atoms with Crippen LogP contribution in [0, 0.1) is 0 Å². The Morgan fingerprint density at radius 3 is 2.38 bits per heavy atom. The van der Waals surface area contributed by atoms with Gasteiger partial charge in [0.05, 0.1) is 12.4 Å². The molecule has 7 heteroatoms. The van der Waals surface area contributed by atoms with Crippen molar-refractivity contribution < 1.29 is 30.4 Å². The molecular weight excluding hydrogens is 334 g/mol. The van der Waals surface area contributed by atoms with Crippen LogP contribution in [0.3, 0.4) is 0 Å². The number of benzene rings is 2. The van der Waals surface area contributed by atoms with E-state index in [4.69, 9.17) is 0 Å². The number of quaternary nitrogens is 2. The molecular formula is C19H24N3O4+. The lowest BCUT2D eigenvalue weighted by Crippen LogP contribution is -2.99. The highest BCUT2D eigenvalue weighted by Crippen LogP contribution is 2.13. The van der Waals surface area contributed by atoms with E-state index in [1.54, 1.807) is 17.4 Å². The smallest absolute Gasteiger partial charge is 0.230 e. The summed E-state index contributed by atoms with van der Waals surface area (Å²) in [6, 6.07) is 15.1. The Bertz CT molecular complexity index is 704. The number of hydrogen-bond acceptors (Lipinski definition) is 4. The maximum atomic E-state index is 12.0. The second-order valence-corrected chi connectivity index (χ2v) is 6.02. The first kappa shape index (κ1) is 19.4. The number of aliphatic carboxylic acids is 1. The fourth-order valence-corrected chi connectivity index (χ4v) is 2.52. The van der Waals surface area contributed by atoms with Crippen molar-refractivity contribution in [3.8, 4) is 5.75 Å². The maximum Gasteiger partial charge on any atom is 0.230 e. The molecule has 0 fully saturated rings. The van der Waals surface area contributed by atoms with Gasteiger partial charge >= 0.3 is 0 Å². The molecule has 0 spiro atoms. The van der Waals surface area contributed by atoms with Gasteiger partial charge in [0.1, 0.15) is 31.4 Å². The van der Waals surface area contributed by atoms with Gasteiger partial charge in [0.15, 0.2) is 0 Å². The zero-order valence-corrected chi connectivity index (χ0v) is 14.4. The topological polar surface area (TPSA) is 123 Å². The average molecular weight is 358 g/mol. The van der Waals surface area contributed by atoms with Crippen LogP contribution < -0.4 is 21.1 Å². The van der Waals surface area contributed by atoms with Gasteiger partial charge in [-0.2, -0.15) is 0 Å². The molecule has 0 unspecified atom stereocenters. The van der Waals surface area contributed by atoms with E-state index in [0.717, 1.165) is 13.1 Å². The van der Waals surface area contributed by atoms with Crippen LogP contribution in [0.25, 0.3) is 0 Å². The Morgan fingerprint density at radius 2 is 1.73 bits per heavy atom. The summed E-state index contributed by atoms with van der Waals surface area (Å²) in [6.45, 7) is 2.13. The second kappa shape index (κ2) is 10.2. The highest BCUT2D eigenvalue weighted by Gasteiger charge is 2.18. The SMILES string of the molecule is O=C(C[C@H]([NH2+]CC[NH2+]Cc1ccccc1)C(=O)[O-])Nc1ccc(O)cc1. The third kappa shape index (κ3) is 6.92. The fourth-order valence-electron chi connectivity index (χ4n) is 2.52. The van der Waals surface area contributed by atoms with Gasteiger partial charge in [-0.3, -0.25) is 4.79 Å². The summed E-state index contributed by atoms with van der Waals surface area (Å²) >= 11 is 0. The minimum absolute atomic E-state index is 0.0932. The first-order chi connectivity index (χ1) is 12.5. The van der Waals surface area contributed by atoms with Crippen molar-refractivity contribution in [2.45, 2.75) is 19.0 Å². The number of carboxylic acids is 1. The number of rotatable bonds is 10. The third-order valence-electron chi connectivity index (χ3n) is 3.90. The molecule has 0 aliphatic heterocycles. The number of phenols is 1. The number of aromatic hydroxyl groups is 1. The van der Waals surface area contributed by atoms with Gasteiger partial charge in [0.25, 0.3) is 0 Å². The molecule has 1 atom stereocenters. The summed E-state index contributed by atoms with van der Waals surface area (Å²) in [5.41, 5.74) is 1.71. The number of nitrogens with one attached hydrogen (secondary N) is 1. The summed E-state index contributed by atoms with van der Waals surface area (Å²) < 4.78 is 0. The van der Waals surface area contributed by atoms with E-state index in [1.807, 2.05) is 30.3 Å². The third-order valence-corrected chi connectivity index (χ3v) is 3.90. The lowest BCUT2D eigenvalue weighted by atomic mass is 10.2. The molecule has 0 bridgehead atoms. The number of phenolic OH excluding ortho intramolecular Hbond substituents is 1. The van der Waals surface area contributed by atoms with E-state index in [0.29, 0.717) is 12.2 Å². The van der Waals surface area contributed by atoms with Crippen LogP contribution in [0.4, 0.5) is 5.69 Å². The van der Waals surface area contributed by atoms with Crippen molar-refractivity contribution in [1.29, 1.82) is 0 Å². The first-order valence-corrected chi connectivity index (χ1v) is 8.53. The Hall–Kier alpha value is -2.90. The fraction of sp³-hybridized carbons (Fsp3) is 0.263. The summed E-state index contributed by atoms with van der Waals surface area (Å²) in [6.07, 6.45) is -0.179. The molecule has 0 saturated heterocycles. The van der Waals surface area contributed by atoms with E-state index in [-0.39, 0.29) is 12.2 Å². The number of carboxylic acid groups (broad SMARTS) is 1. The van der Waals surface area contributed by atoms with Crippen LogP contribution in [-0.4, -0.2) is 36.1 Å². The molecule has 138 valence electrons. The van der Waals surface area contributed by atoms with Crippen LogP contribution in [0.2, 0.25) is 0 Å². The van der Waals surface area contributed by atoms with Crippen LogP contribution in [-0.2, 0) is 16.1 Å². The second-order valence-electron chi connectivity index (χ2n) is 6.02. The number of carbonyl (C=O) groups is 2. The van der Waals surface area contributed by atoms with Crippen molar-refractivity contribution in [3.05, 3.63) is 60.2 Å². The number of hydrogen-bond donors (Lipinski definition) is 4. The predicted octanol–water partition coefficient (Wildman–Crippen LogP) is -1.83. The van der Waals surface area contributed by atoms with Crippen molar-refractivity contribution >= 4 is 17.6 Å². The Labute approximate surface area is 152 Å². The molecule has 2 aromatic carbocycles. The monoisotopic (exact) mass is 358 g/mol. The van der Waals surface area contributed by atoms with Gasteiger partial charge in [0.2, 0.25) is 5.91 Å². The molecule has 0 radical (unpaired) electrons. The van der Waals surface area contributed by atoms with E-state index < -0.39 is 17.9 Å². The molecule has 2 rings (SSSR count). The Balaban J connectivity index is 1.71. The van der Waals surface area contributed by atoms with E-state index in [2.05, 4.69) is 10.6 Å². The normalized spacial score (nSPS) is 11.7. The van der Waals surface area contributed by atoms with Crippen LogP contribution >= 0.6 is 0 Å². The number of amides is 1. The van der Waals surface area contributed by atoms with Crippen molar-refractivity contribution in [1.82, 2.24) is 0 Å². The number of anilines is 1. The molecule has 26 heavy (non-hydrogen) atoms. The Morgan fingerprint density at radius 1 is 1.04 bits per heavy atom. The van der Waals surface area contributed by atoms with Crippen molar-refractivity contribution in [2.24, 2.45) is 0 Å². The quantitative estimate of drug-likeness (QED) is 0.295. The van der Waals surface area contributed by atoms with Crippen molar-refractivity contribution in [2.75, 3.05) is 18.4 Å². The number of nitrogens with two attached hydrogens (primary N) is 2. The largest absolute Gasteiger partial charge is 0.544 e. The average Bonchev–Trinajstić information content (AvgIpc) is 2.63. The van der Waals surface area contributed by atoms with Gasteiger partial charge < -0.3 is 31.0 Å². The summed E-state index contributed by atoms with van der Waals surface area (Å²) in [4.78, 5) is 23.2. The van der Waals surface area contributed by atoms with Gasteiger partial charge in [0, 0.05) is 11.3 Å². The first-order valence-electron chi connectivity index (χ1n) is 8.53. The molecule has 0 aromatic heterocycles.